The molecule has 0 aliphatic heterocycles. The van der Waals surface area contributed by atoms with Crippen molar-refractivity contribution in [1.29, 1.82) is 0 Å². The second-order valence-electron chi connectivity index (χ2n) is 4.52. The summed E-state index contributed by atoms with van der Waals surface area (Å²) in [7, 11) is 3.54. The van der Waals surface area contributed by atoms with E-state index in [4.69, 9.17) is 4.74 Å². The summed E-state index contributed by atoms with van der Waals surface area (Å²) in [5, 5.41) is 6.15. The van der Waals surface area contributed by atoms with Gasteiger partial charge in [0.05, 0.1) is 17.5 Å². The van der Waals surface area contributed by atoms with Crippen LogP contribution in [0.1, 0.15) is 5.56 Å². The van der Waals surface area contributed by atoms with Crippen LogP contribution in [-0.4, -0.2) is 24.1 Å². The molecule has 102 valence electrons. The molecule has 0 amide bonds. The lowest BCUT2D eigenvalue weighted by Crippen LogP contribution is -1.98. The number of fused-ring (bicyclic) bond motifs is 1. The summed E-state index contributed by atoms with van der Waals surface area (Å²) >= 11 is 1.58. The summed E-state index contributed by atoms with van der Waals surface area (Å²) in [6.07, 6.45) is 0. The Morgan fingerprint density at radius 2 is 2.05 bits per heavy atom. The highest BCUT2D eigenvalue weighted by molar-refractivity contribution is 7.13. The van der Waals surface area contributed by atoms with Gasteiger partial charge in [0, 0.05) is 23.9 Å². The molecule has 0 bridgehead atoms. The molecule has 3 rings (SSSR count). The molecule has 20 heavy (non-hydrogen) atoms. The Kier molecular flexibility index (Phi) is 3.28. The standard InChI is InChI=1S/C15H15N3OS/c1-9-4-5-12-11(6-9)14(16-2)18-15(17-12)13-7-10(19-3)8-20-13/h4-8H,1-3H3,(H,16,17,18). The summed E-state index contributed by atoms with van der Waals surface area (Å²) in [5.74, 6) is 2.41. The number of nitrogens with zero attached hydrogens (tertiary/aromatic N) is 2. The lowest BCUT2D eigenvalue weighted by atomic mass is 10.1. The number of nitrogens with one attached hydrogen (secondary N) is 1. The van der Waals surface area contributed by atoms with Crippen molar-refractivity contribution < 1.29 is 4.74 Å². The number of methoxy groups -OCH3 is 1. The van der Waals surface area contributed by atoms with E-state index in [0.29, 0.717) is 0 Å². The highest BCUT2D eigenvalue weighted by atomic mass is 32.1. The van der Waals surface area contributed by atoms with E-state index >= 15 is 0 Å². The molecule has 0 fully saturated rings. The highest BCUT2D eigenvalue weighted by Gasteiger charge is 2.11. The van der Waals surface area contributed by atoms with Gasteiger partial charge in [0.25, 0.3) is 0 Å². The van der Waals surface area contributed by atoms with E-state index < -0.39 is 0 Å². The van der Waals surface area contributed by atoms with Crippen LogP contribution in [0.3, 0.4) is 0 Å². The van der Waals surface area contributed by atoms with Crippen molar-refractivity contribution in [2.75, 3.05) is 19.5 Å². The van der Waals surface area contributed by atoms with Gasteiger partial charge in [-0.1, -0.05) is 11.6 Å². The first kappa shape index (κ1) is 12.9. The molecular formula is C15H15N3OS. The zero-order valence-electron chi connectivity index (χ0n) is 11.6. The SMILES string of the molecule is CNc1nc(-c2cc(OC)cs2)nc2ccc(C)cc12. The zero-order chi connectivity index (χ0) is 14.1. The molecule has 0 unspecified atom stereocenters. The van der Waals surface area contributed by atoms with Crippen LogP contribution in [0.5, 0.6) is 5.75 Å². The van der Waals surface area contributed by atoms with E-state index in [-0.39, 0.29) is 0 Å². The van der Waals surface area contributed by atoms with Crippen LogP contribution in [0.15, 0.2) is 29.6 Å². The molecule has 2 heterocycles. The average Bonchev–Trinajstić information content (AvgIpc) is 2.95. The van der Waals surface area contributed by atoms with Gasteiger partial charge >= 0.3 is 0 Å². The number of hydrogen-bond donors (Lipinski definition) is 1. The molecule has 5 heteroatoms. The van der Waals surface area contributed by atoms with Gasteiger partial charge < -0.3 is 10.1 Å². The molecule has 0 radical (unpaired) electrons. The molecule has 1 N–H and O–H groups in total. The minimum Gasteiger partial charge on any atom is -0.496 e. The maximum atomic E-state index is 5.22. The van der Waals surface area contributed by atoms with Crippen LogP contribution in [0, 0.1) is 6.92 Å². The maximum Gasteiger partial charge on any atom is 0.172 e. The number of benzene rings is 1. The first-order valence-electron chi connectivity index (χ1n) is 6.30. The van der Waals surface area contributed by atoms with Crippen molar-refractivity contribution in [2.45, 2.75) is 6.92 Å². The molecule has 0 saturated carbocycles. The summed E-state index contributed by atoms with van der Waals surface area (Å²) in [6.45, 7) is 2.07. The number of hydrogen-bond acceptors (Lipinski definition) is 5. The molecular weight excluding hydrogens is 270 g/mol. The van der Waals surface area contributed by atoms with Gasteiger partial charge in [-0.3, -0.25) is 0 Å². The minimum absolute atomic E-state index is 0.721. The first-order valence-corrected chi connectivity index (χ1v) is 7.18. The van der Waals surface area contributed by atoms with Crippen molar-refractivity contribution >= 4 is 28.1 Å². The summed E-state index contributed by atoms with van der Waals surface area (Å²) in [6, 6.07) is 8.15. The fraction of sp³-hybridized carbons (Fsp3) is 0.200. The second kappa shape index (κ2) is 5.09. The third kappa shape index (κ3) is 2.20. The Hall–Kier alpha value is -2.14. The van der Waals surface area contributed by atoms with E-state index in [1.54, 1.807) is 18.4 Å². The number of ether oxygens (including phenoxy) is 1. The number of anilines is 1. The Bertz CT molecular complexity index is 767. The van der Waals surface area contributed by atoms with Gasteiger partial charge in [0.1, 0.15) is 11.6 Å². The van der Waals surface area contributed by atoms with Crippen LogP contribution in [-0.2, 0) is 0 Å². The van der Waals surface area contributed by atoms with E-state index in [0.717, 1.165) is 33.2 Å². The summed E-state index contributed by atoms with van der Waals surface area (Å²) in [5.41, 5.74) is 2.14. The van der Waals surface area contributed by atoms with Gasteiger partial charge in [-0.2, -0.15) is 0 Å². The first-order chi connectivity index (χ1) is 9.71. The molecule has 0 aliphatic carbocycles. The zero-order valence-corrected chi connectivity index (χ0v) is 12.4. The van der Waals surface area contributed by atoms with Crippen molar-refractivity contribution in [2.24, 2.45) is 0 Å². The summed E-state index contributed by atoms with van der Waals surface area (Å²) < 4.78 is 5.22. The molecule has 3 aromatic rings. The Labute approximate surface area is 121 Å². The van der Waals surface area contributed by atoms with Crippen LogP contribution in [0.25, 0.3) is 21.6 Å². The molecule has 1 aromatic carbocycles. The largest absolute Gasteiger partial charge is 0.496 e. The van der Waals surface area contributed by atoms with Crippen LogP contribution in [0.4, 0.5) is 5.82 Å². The van der Waals surface area contributed by atoms with Gasteiger partial charge in [-0.05, 0) is 19.1 Å². The average molecular weight is 285 g/mol. The highest BCUT2D eigenvalue weighted by Crippen LogP contribution is 2.31. The van der Waals surface area contributed by atoms with Crippen LogP contribution in [0.2, 0.25) is 0 Å². The molecule has 0 atom stereocenters. The normalized spacial score (nSPS) is 10.8. The number of thiophene rings is 1. The van der Waals surface area contributed by atoms with Gasteiger partial charge in [-0.25, -0.2) is 9.97 Å². The van der Waals surface area contributed by atoms with E-state index in [2.05, 4.69) is 34.3 Å². The van der Waals surface area contributed by atoms with E-state index in [9.17, 15) is 0 Å². The number of rotatable bonds is 3. The molecule has 2 aromatic heterocycles. The monoisotopic (exact) mass is 285 g/mol. The Morgan fingerprint density at radius 3 is 2.75 bits per heavy atom. The Balaban J connectivity index is 2.19. The fourth-order valence-electron chi connectivity index (χ4n) is 2.09. The van der Waals surface area contributed by atoms with Gasteiger partial charge in [-0.15, -0.1) is 11.3 Å². The number of aromatic nitrogens is 2. The predicted molar refractivity (Wildman–Crippen MR) is 83.7 cm³/mol. The van der Waals surface area contributed by atoms with Crippen molar-refractivity contribution in [3.63, 3.8) is 0 Å². The van der Waals surface area contributed by atoms with Crippen LogP contribution >= 0.6 is 11.3 Å². The van der Waals surface area contributed by atoms with Crippen molar-refractivity contribution in [3.8, 4) is 16.5 Å². The number of aryl methyl sites for hydroxylation is 1. The molecule has 0 spiro atoms. The van der Waals surface area contributed by atoms with E-state index in [1.807, 2.05) is 24.6 Å². The quantitative estimate of drug-likeness (QED) is 0.796. The lowest BCUT2D eigenvalue weighted by Gasteiger charge is -2.07. The predicted octanol–water partition coefficient (Wildman–Crippen LogP) is 3.72. The van der Waals surface area contributed by atoms with Crippen LogP contribution < -0.4 is 10.1 Å². The lowest BCUT2D eigenvalue weighted by molar-refractivity contribution is 0.417. The molecule has 4 nitrogen and oxygen atoms in total. The third-order valence-electron chi connectivity index (χ3n) is 3.12. The van der Waals surface area contributed by atoms with Gasteiger partial charge in [0.15, 0.2) is 5.82 Å². The maximum absolute atomic E-state index is 5.22. The minimum atomic E-state index is 0.721. The fourth-order valence-corrected chi connectivity index (χ4v) is 2.87. The topological polar surface area (TPSA) is 47.0 Å². The van der Waals surface area contributed by atoms with Gasteiger partial charge in [0.2, 0.25) is 0 Å². The third-order valence-corrected chi connectivity index (χ3v) is 4.02. The van der Waals surface area contributed by atoms with Crippen molar-refractivity contribution in [1.82, 2.24) is 9.97 Å². The molecule has 0 aliphatic rings. The smallest absolute Gasteiger partial charge is 0.172 e. The van der Waals surface area contributed by atoms with Crippen molar-refractivity contribution in [3.05, 3.63) is 35.2 Å². The Morgan fingerprint density at radius 1 is 1.20 bits per heavy atom. The molecule has 0 saturated heterocycles. The van der Waals surface area contributed by atoms with E-state index in [1.165, 1.54) is 5.56 Å². The summed E-state index contributed by atoms with van der Waals surface area (Å²) in [4.78, 5) is 10.3. The second-order valence-corrected chi connectivity index (χ2v) is 5.43.